The molecule has 0 aromatic carbocycles. The molecule has 1 saturated heterocycles. The van der Waals surface area contributed by atoms with Crippen LogP contribution in [0, 0.1) is 11.8 Å². The molecule has 0 radical (unpaired) electrons. The van der Waals surface area contributed by atoms with Crippen molar-refractivity contribution in [3.63, 3.8) is 0 Å². The van der Waals surface area contributed by atoms with E-state index in [2.05, 4.69) is 0 Å². The number of hydrogen-bond donors (Lipinski definition) is 2. The molecule has 0 amide bonds. The molecule has 2 rings (SSSR count). The average Bonchev–Trinajstić information content (AvgIpc) is 2.50. The van der Waals surface area contributed by atoms with E-state index in [1.54, 1.807) is 0 Å². The predicted molar refractivity (Wildman–Crippen MR) is 49.0 cm³/mol. The lowest BCUT2D eigenvalue weighted by Gasteiger charge is -2.23. The molecule has 6 heteroatoms. The topological polar surface area (TPSA) is 66.8 Å². The Morgan fingerprint density at radius 1 is 1.57 bits per heavy atom. The number of carbonyl (C=O) groups is 1. The summed E-state index contributed by atoms with van der Waals surface area (Å²) in [4.78, 5) is 11.2. The Morgan fingerprint density at radius 2 is 2.21 bits per heavy atom. The second-order valence-corrected chi connectivity index (χ2v) is 5.13. The Kier molecular flexibility index (Phi) is 2.42. The molecular formula is C8H10Cl2O4. The maximum Gasteiger partial charge on any atom is 0.343 e. The third kappa shape index (κ3) is 1.25. The fourth-order valence-electron chi connectivity index (χ4n) is 2.29. The Morgan fingerprint density at radius 3 is 2.79 bits per heavy atom. The molecule has 0 aromatic rings. The average molecular weight is 241 g/mol. The van der Waals surface area contributed by atoms with Crippen LogP contribution in [0.5, 0.6) is 0 Å². The summed E-state index contributed by atoms with van der Waals surface area (Å²) in [5, 5.41) is 18.6. The second kappa shape index (κ2) is 3.23. The van der Waals surface area contributed by atoms with Gasteiger partial charge in [-0.1, -0.05) is 23.2 Å². The van der Waals surface area contributed by atoms with Gasteiger partial charge >= 0.3 is 5.97 Å². The van der Waals surface area contributed by atoms with Crippen molar-refractivity contribution in [3.8, 4) is 0 Å². The molecule has 14 heavy (non-hydrogen) atoms. The molecule has 0 spiro atoms. The molecule has 0 unspecified atom stereocenters. The van der Waals surface area contributed by atoms with Gasteiger partial charge in [-0.15, -0.1) is 0 Å². The molecule has 1 aliphatic carbocycles. The zero-order valence-electron chi connectivity index (χ0n) is 7.19. The smallest absolute Gasteiger partial charge is 0.343 e. The van der Waals surface area contributed by atoms with Crippen LogP contribution in [-0.4, -0.2) is 39.3 Å². The van der Waals surface area contributed by atoms with Crippen molar-refractivity contribution in [1.82, 2.24) is 0 Å². The van der Waals surface area contributed by atoms with Crippen LogP contribution in [0.2, 0.25) is 0 Å². The highest BCUT2D eigenvalue weighted by molar-refractivity contribution is 6.58. The first-order valence-electron chi connectivity index (χ1n) is 4.36. The summed E-state index contributed by atoms with van der Waals surface area (Å²) in [6.07, 6.45) is -0.882. The molecule has 1 heterocycles. The number of hydrogen-bond acceptors (Lipinski definition) is 4. The number of aliphatic hydroxyl groups is 2. The van der Waals surface area contributed by atoms with Crippen molar-refractivity contribution in [3.05, 3.63) is 0 Å². The van der Waals surface area contributed by atoms with E-state index in [1.807, 2.05) is 0 Å². The van der Waals surface area contributed by atoms with Gasteiger partial charge in [-0.05, 0) is 0 Å². The molecule has 4 atom stereocenters. The normalized spacial score (nSPS) is 45.0. The predicted octanol–water partition coefficient (Wildman–Crippen LogP) is 0.0750. The van der Waals surface area contributed by atoms with E-state index < -0.39 is 34.3 Å². The fraction of sp³-hybridized carbons (Fsp3) is 0.875. The monoisotopic (exact) mass is 240 g/mol. The standard InChI is InChI=1S/C8H10Cl2O4/c9-8(10)6-3(2-11)4(12)1-5(6)14-7(8)13/h3-6,11-12H,1-2H2/t3-,4-,5+,6-/m1/s1. The summed E-state index contributed by atoms with van der Waals surface area (Å²) >= 11 is 11.7. The Hall–Kier alpha value is -0.0300. The van der Waals surface area contributed by atoms with E-state index >= 15 is 0 Å². The van der Waals surface area contributed by atoms with E-state index in [4.69, 9.17) is 33.0 Å². The van der Waals surface area contributed by atoms with E-state index in [0.29, 0.717) is 6.42 Å². The largest absolute Gasteiger partial charge is 0.460 e. The Labute approximate surface area is 90.8 Å². The van der Waals surface area contributed by atoms with Gasteiger partial charge in [-0.25, -0.2) is 4.79 Å². The van der Waals surface area contributed by atoms with Crippen LogP contribution < -0.4 is 0 Å². The van der Waals surface area contributed by atoms with Gasteiger partial charge in [0.05, 0.1) is 6.10 Å². The van der Waals surface area contributed by atoms with Gasteiger partial charge in [-0.3, -0.25) is 0 Å². The first-order chi connectivity index (χ1) is 6.48. The van der Waals surface area contributed by atoms with E-state index in [0.717, 1.165) is 0 Å². The zero-order valence-corrected chi connectivity index (χ0v) is 8.70. The number of rotatable bonds is 1. The summed E-state index contributed by atoms with van der Waals surface area (Å²) in [7, 11) is 0. The summed E-state index contributed by atoms with van der Waals surface area (Å²) < 4.78 is 3.30. The summed E-state index contributed by atoms with van der Waals surface area (Å²) in [6, 6.07) is 0. The lowest BCUT2D eigenvalue weighted by Crippen LogP contribution is -2.36. The molecule has 2 aliphatic rings. The summed E-state index contributed by atoms with van der Waals surface area (Å²) in [5.41, 5.74) is 0. The number of carbonyl (C=O) groups excluding carboxylic acids is 1. The highest BCUT2D eigenvalue weighted by Crippen LogP contribution is 2.51. The minimum atomic E-state index is -1.63. The zero-order chi connectivity index (χ0) is 10.5. The minimum Gasteiger partial charge on any atom is -0.460 e. The molecule has 2 fully saturated rings. The van der Waals surface area contributed by atoms with E-state index in [1.165, 1.54) is 0 Å². The van der Waals surface area contributed by atoms with Crippen molar-refractivity contribution in [2.45, 2.75) is 23.0 Å². The Bertz CT molecular complexity index is 268. The highest BCUT2D eigenvalue weighted by Gasteiger charge is 2.63. The number of fused-ring (bicyclic) bond motifs is 1. The molecule has 0 bridgehead atoms. The van der Waals surface area contributed by atoms with Crippen LogP contribution >= 0.6 is 23.2 Å². The molecule has 2 N–H and O–H groups in total. The van der Waals surface area contributed by atoms with Gasteiger partial charge in [0.1, 0.15) is 6.10 Å². The van der Waals surface area contributed by atoms with Gasteiger partial charge in [0.15, 0.2) is 0 Å². The van der Waals surface area contributed by atoms with Gasteiger partial charge in [0, 0.05) is 24.9 Å². The lowest BCUT2D eigenvalue weighted by atomic mass is 9.92. The van der Waals surface area contributed by atoms with Crippen molar-refractivity contribution < 1.29 is 19.7 Å². The van der Waals surface area contributed by atoms with Crippen molar-refractivity contribution >= 4 is 29.2 Å². The van der Waals surface area contributed by atoms with Crippen LogP contribution in [-0.2, 0) is 9.53 Å². The SMILES string of the molecule is O=C1O[C@H]2C[C@@H](O)[C@@H](CO)[C@H]2C1(Cl)Cl. The number of alkyl halides is 2. The highest BCUT2D eigenvalue weighted by atomic mass is 35.5. The van der Waals surface area contributed by atoms with Gasteiger partial charge in [0.25, 0.3) is 0 Å². The first kappa shape index (κ1) is 10.5. The maximum atomic E-state index is 11.2. The lowest BCUT2D eigenvalue weighted by molar-refractivity contribution is -0.142. The third-order valence-corrected chi connectivity index (χ3v) is 3.80. The van der Waals surface area contributed by atoms with Gasteiger partial charge < -0.3 is 14.9 Å². The van der Waals surface area contributed by atoms with Crippen molar-refractivity contribution in [1.29, 1.82) is 0 Å². The molecular weight excluding hydrogens is 231 g/mol. The van der Waals surface area contributed by atoms with E-state index in [-0.39, 0.29) is 6.61 Å². The molecule has 1 aliphatic heterocycles. The second-order valence-electron chi connectivity index (χ2n) is 3.74. The van der Waals surface area contributed by atoms with E-state index in [9.17, 15) is 9.90 Å². The van der Waals surface area contributed by atoms with Gasteiger partial charge in [-0.2, -0.15) is 0 Å². The summed E-state index contributed by atoms with van der Waals surface area (Å²) in [6.45, 7) is -0.250. The Balaban J connectivity index is 2.29. The van der Waals surface area contributed by atoms with Gasteiger partial charge in [0.2, 0.25) is 4.33 Å². The fourth-order valence-corrected chi connectivity index (χ4v) is 2.98. The summed E-state index contributed by atoms with van der Waals surface area (Å²) in [5.74, 6) is -1.68. The van der Waals surface area contributed by atoms with Crippen LogP contribution in [0.15, 0.2) is 0 Å². The minimum absolute atomic E-state index is 0.250. The number of aliphatic hydroxyl groups excluding tert-OH is 2. The first-order valence-corrected chi connectivity index (χ1v) is 5.12. The quantitative estimate of drug-likeness (QED) is 0.503. The van der Waals surface area contributed by atoms with Crippen LogP contribution in [0.4, 0.5) is 0 Å². The maximum absolute atomic E-state index is 11.2. The molecule has 1 saturated carbocycles. The van der Waals surface area contributed by atoms with Crippen LogP contribution in [0.1, 0.15) is 6.42 Å². The third-order valence-electron chi connectivity index (χ3n) is 2.99. The number of halogens is 2. The van der Waals surface area contributed by atoms with Crippen molar-refractivity contribution in [2.75, 3.05) is 6.61 Å². The van der Waals surface area contributed by atoms with Crippen LogP contribution in [0.3, 0.4) is 0 Å². The number of ether oxygens (including phenoxy) is 1. The number of esters is 1. The molecule has 80 valence electrons. The van der Waals surface area contributed by atoms with Crippen LogP contribution in [0.25, 0.3) is 0 Å². The molecule has 4 nitrogen and oxygen atoms in total. The molecule has 0 aromatic heterocycles. The van der Waals surface area contributed by atoms with Crippen molar-refractivity contribution in [2.24, 2.45) is 11.8 Å².